The Morgan fingerprint density at radius 3 is 2.15 bits per heavy atom. The lowest BCUT2D eigenvalue weighted by Gasteiger charge is -2.16. The van der Waals surface area contributed by atoms with E-state index < -0.39 is 11.4 Å². The van der Waals surface area contributed by atoms with Crippen LogP contribution in [0.25, 0.3) is 11.0 Å². The topological polar surface area (TPSA) is 122 Å². The average Bonchev–Trinajstić information content (AvgIpc) is 3.28. The van der Waals surface area contributed by atoms with Gasteiger partial charge < -0.3 is 20.4 Å². The summed E-state index contributed by atoms with van der Waals surface area (Å²) in [6, 6.07) is 23.0. The van der Waals surface area contributed by atoms with Gasteiger partial charge in [-0.3, -0.25) is 4.57 Å². The molecule has 0 amide bonds. The molecular weight excluding hydrogens is 494 g/mol. The molecule has 3 aromatic carbocycles. The smallest absolute Gasteiger partial charge is 0.355 e. The number of aryl methyl sites for hydroxylation is 1. The lowest BCUT2D eigenvalue weighted by atomic mass is 10.1. The van der Waals surface area contributed by atoms with Gasteiger partial charge in [-0.25, -0.2) is 19.1 Å². The zero-order valence-electron chi connectivity index (χ0n) is 22.0. The van der Waals surface area contributed by atoms with Gasteiger partial charge in [0.05, 0.1) is 31.2 Å². The van der Waals surface area contributed by atoms with Crippen molar-refractivity contribution in [3.8, 4) is 5.75 Å². The fraction of sp³-hybridized carbons (Fsp3) is 0.241. The van der Waals surface area contributed by atoms with E-state index in [0.29, 0.717) is 24.8 Å². The maximum absolute atomic E-state index is 13.7. The van der Waals surface area contributed by atoms with Gasteiger partial charge in [-0.1, -0.05) is 55.5 Å². The molecule has 0 fully saturated rings. The first-order valence-corrected chi connectivity index (χ1v) is 12.8. The molecule has 3 N–H and O–H groups in total. The van der Waals surface area contributed by atoms with Gasteiger partial charge in [0.1, 0.15) is 5.75 Å². The van der Waals surface area contributed by atoms with Crippen molar-refractivity contribution in [2.24, 2.45) is 0 Å². The number of nitrogens with one attached hydrogen (secondary N) is 1. The summed E-state index contributed by atoms with van der Waals surface area (Å²) in [7, 11) is 1.60. The number of methoxy groups -OCH3 is 1. The molecule has 0 radical (unpaired) electrons. The molecule has 2 heterocycles. The number of nitrogens with zero attached hydrogens (tertiary/aromatic N) is 5. The third-order valence-corrected chi connectivity index (χ3v) is 6.72. The number of ether oxygens (including phenoxy) is 1. The fourth-order valence-corrected chi connectivity index (χ4v) is 4.53. The van der Waals surface area contributed by atoms with Crippen LogP contribution < -0.4 is 27.2 Å². The summed E-state index contributed by atoms with van der Waals surface area (Å²) < 4.78 is 9.79. The largest absolute Gasteiger partial charge is 0.497 e. The number of fused-ring (bicyclic) bond motifs is 1. The van der Waals surface area contributed by atoms with E-state index in [1.807, 2.05) is 77.4 Å². The summed E-state index contributed by atoms with van der Waals surface area (Å²) in [4.78, 5) is 35.4. The number of imidazole rings is 1. The van der Waals surface area contributed by atoms with Crippen LogP contribution in [-0.2, 0) is 26.1 Å². The Kier molecular flexibility index (Phi) is 7.44. The first kappa shape index (κ1) is 25.8. The second-order valence-electron chi connectivity index (χ2n) is 9.23. The zero-order chi connectivity index (χ0) is 27.4. The van der Waals surface area contributed by atoms with Crippen molar-refractivity contribution in [1.29, 1.82) is 0 Å². The van der Waals surface area contributed by atoms with Crippen molar-refractivity contribution in [2.75, 3.05) is 24.7 Å². The highest BCUT2D eigenvalue weighted by Gasteiger charge is 2.15. The van der Waals surface area contributed by atoms with Crippen molar-refractivity contribution in [3.63, 3.8) is 0 Å². The number of hydrogen-bond donors (Lipinski definition) is 2. The lowest BCUT2D eigenvalue weighted by molar-refractivity contribution is 0.414. The predicted molar refractivity (Wildman–Crippen MR) is 152 cm³/mol. The molecule has 200 valence electrons. The summed E-state index contributed by atoms with van der Waals surface area (Å²) >= 11 is 0. The number of rotatable bonds is 10. The molecule has 10 heteroatoms. The molecule has 0 aliphatic carbocycles. The molecule has 5 rings (SSSR count). The number of benzene rings is 3. The summed E-state index contributed by atoms with van der Waals surface area (Å²) in [5.74, 6) is 1.31. The zero-order valence-corrected chi connectivity index (χ0v) is 22.0. The number of anilines is 2. The second-order valence-corrected chi connectivity index (χ2v) is 9.23. The van der Waals surface area contributed by atoms with Gasteiger partial charge in [0, 0.05) is 13.1 Å². The Balaban J connectivity index is 1.46. The van der Waals surface area contributed by atoms with Crippen LogP contribution in [0.2, 0.25) is 0 Å². The van der Waals surface area contributed by atoms with Gasteiger partial charge in [-0.15, -0.1) is 0 Å². The summed E-state index contributed by atoms with van der Waals surface area (Å²) in [5, 5.41) is 3.18. The first-order chi connectivity index (χ1) is 19.0. The quantitative estimate of drug-likeness (QED) is 0.287. The van der Waals surface area contributed by atoms with Crippen LogP contribution in [0.1, 0.15) is 23.6 Å². The van der Waals surface area contributed by atoms with Crippen LogP contribution in [0.15, 0.2) is 82.4 Å². The Labute approximate surface area is 225 Å². The highest BCUT2D eigenvalue weighted by Crippen LogP contribution is 2.17. The molecule has 0 atom stereocenters. The summed E-state index contributed by atoms with van der Waals surface area (Å²) in [6.07, 6.45) is 0.914. The molecule has 0 unspecified atom stereocenters. The minimum Gasteiger partial charge on any atom is -0.497 e. The number of nitrogens with two attached hydrogens (primary N) is 1. The van der Waals surface area contributed by atoms with Gasteiger partial charge in [-0.2, -0.15) is 4.98 Å². The Morgan fingerprint density at radius 2 is 1.46 bits per heavy atom. The van der Waals surface area contributed by atoms with E-state index in [9.17, 15) is 9.59 Å². The van der Waals surface area contributed by atoms with Crippen LogP contribution in [0.4, 0.5) is 11.9 Å². The normalized spacial score (nSPS) is 11.1. The molecule has 0 saturated carbocycles. The van der Waals surface area contributed by atoms with E-state index in [1.165, 1.54) is 10.1 Å². The predicted octanol–water partition coefficient (Wildman–Crippen LogP) is 3.12. The molecular formula is C29H31N7O3. The van der Waals surface area contributed by atoms with Gasteiger partial charge in [0.25, 0.3) is 0 Å². The highest BCUT2D eigenvalue weighted by molar-refractivity contribution is 5.78. The van der Waals surface area contributed by atoms with E-state index in [-0.39, 0.29) is 19.0 Å². The van der Waals surface area contributed by atoms with Gasteiger partial charge >= 0.3 is 11.4 Å². The third-order valence-electron chi connectivity index (χ3n) is 6.72. The van der Waals surface area contributed by atoms with Crippen LogP contribution >= 0.6 is 0 Å². The van der Waals surface area contributed by atoms with Crippen molar-refractivity contribution < 1.29 is 4.74 Å². The van der Waals surface area contributed by atoms with E-state index in [0.717, 1.165) is 33.1 Å². The number of nitrogen functional groups attached to an aromatic ring is 1. The SMILES string of the molecule is CCc1ccc(Cn2c(=O)nc(NCCn3c(N)nc4ccccc43)n(Cc3ccc(OC)cc3)c2=O)cc1. The van der Waals surface area contributed by atoms with Gasteiger partial charge in [-0.05, 0) is 47.4 Å². The van der Waals surface area contributed by atoms with E-state index >= 15 is 0 Å². The molecule has 39 heavy (non-hydrogen) atoms. The third kappa shape index (κ3) is 5.54. The molecule has 5 aromatic rings. The average molecular weight is 526 g/mol. The molecule has 0 spiro atoms. The lowest BCUT2D eigenvalue weighted by Crippen LogP contribution is -2.43. The maximum atomic E-state index is 13.7. The standard InChI is InChI=1S/C29H31N7O3/c1-3-20-8-10-21(11-9-20)19-36-28(37)33-27(35(29(36)38)18-22-12-14-23(39-2)15-13-22)31-16-17-34-25-7-5-4-6-24(25)32-26(34)30/h4-15H,3,16-19H2,1-2H3,(H2,30,32)(H,31,33,37). The van der Waals surface area contributed by atoms with Crippen molar-refractivity contribution in [1.82, 2.24) is 23.7 Å². The molecule has 0 bridgehead atoms. The van der Waals surface area contributed by atoms with Gasteiger partial charge in [0.2, 0.25) is 11.9 Å². The van der Waals surface area contributed by atoms with Crippen molar-refractivity contribution in [3.05, 3.63) is 110 Å². The molecule has 0 aliphatic rings. The van der Waals surface area contributed by atoms with Gasteiger partial charge in [0.15, 0.2) is 0 Å². The fourth-order valence-electron chi connectivity index (χ4n) is 4.53. The minimum absolute atomic E-state index is 0.134. The van der Waals surface area contributed by atoms with Crippen LogP contribution in [0, 0.1) is 0 Å². The second kappa shape index (κ2) is 11.3. The highest BCUT2D eigenvalue weighted by atomic mass is 16.5. The molecule has 2 aromatic heterocycles. The van der Waals surface area contributed by atoms with E-state index in [4.69, 9.17) is 10.5 Å². The van der Waals surface area contributed by atoms with Crippen LogP contribution in [0.5, 0.6) is 5.75 Å². The summed E-state index contributed by atoms with van der Waals surface area (Å²) in [5.41, 5.74) is 9.70. The number of aromatic nitrogens is 5. The van der Waals surface area contributed by atoms with Crippen molar-refractivity contribution in [2.45, 2.75) is 33.0 Å². The molecule has 0 saturated heterocycles. The molecule has 0 aliphatic heterocycles. The Hall–Kier alpha value is -4.86. The summed E-state index contributed by atoms with van der Waals surface area (Å²) in [6.45, 7) is 3.29. The Morgan fingerprint density at radius 1 is 0.821 bits per heavy atom. The number of hydrogen-bond acceptors (Lipinski definition) is 7. The number of para-hydroxylation sites is 2. The molecule has 10 nitrogen and oxygen atoms in total. The van der Waals surface area contributed by atoms with E-state index in [1.54, 1.807) is 7.11 Å². The minimum atomic E-state index is -0.611. The first-order valence-electron chi connectivity index (χ1n) is 12.8. The van der Waals surface area contributed by atoms with E-state index in [2.05, 4.69) is 22.2 Å². The maximum Gasteiger partial charge on any atom is 0.355 e. The van der Waals surface area contributed by atoms with Crippen LogP contribution in [-0.4, -0.2) is 37.3 Å². The van der Waals surface area contributed by atoms with Crippen molar-refractivity contribution >= 4 is 22.9 Å². The Bertz CT molecular complexity index is 1700. The monoisotopic (exact) mass is 525 g/mol. The van der Waals surface area contributed by atoms with Crippen LogP contribution in [0.3, 0.4) is 0 Å².